The molecule has 4 aliphatic rings. The Morgan fingerprint density at radius 2 is 1.84 bits per heavy atom. The van der Waals surface area contributed by atoms with Gasteiger partial charge >= 0.3 is 12.1 Å². The van der Waals surface area contributed by atoms with E-state index in [4.69, 9.17) is 9.84 Å². The Morgan fingerprint density at radius 1 is 1.16 bits per heavy atom. The number of ketones is 2. The third kappa shape index (κ3) is 3.87. The first-order valence-corrected chi connectivity index (χ1v) is 11.7. The van der Waals surface area contributed by atoms with Gasteiger partial charge < -0.3 is 14.9 Å². The Hall–Kier alpha value is -2.22. The molecule has 0 spiro atoms. The van der Waals surface area contributed by atoms with E-state index in [1.165, 1.54) is 0 Å². The second-order valence-corrected chi connectivity index (χ2v) is 10.5. The number of hydrogen-bond acceptors (Lipinski definition) is 6. The first kappa shape index (κ1) is 23.0. The molecule has 0 saturated heterocycles. The molecule has 3 saturated carbocycles. The number of allylic oxidation sites excluding steroid dienone is 1. The number of Topliss-reactive ketones (excluding diaryl/α,β-unsaturated/α-hetero) is 1. The minimum atomic E-state index is -1.28. The molecule has 3 N–H and O–H groups in total. The average molecular weight is 448 g/mol. The number of carboxylic acid groups (broad SMARTS) is 1. The summed E-state index contributed by atoms with van der Waals surface area (Å²) in [5.41, 5.74) is 0.522. The minimum absolute atomic E-state index is 0.0981. The summed E-state index contributed by atoms with van der Waals surface area (Å²) in [4.78, 5) is 48.5. The highest BCUT2D eigenvalue weighted by Crippen LogP contribution is 2.63. The zero-order valence-corrected chi connectivity index (χ0v) is 18.8. The summed E-state index contributed by atoms with van der Waals surface area (Å²) >= 11 is 0. The van der Waals surface area contributed by atoms with E-state index in [1.54, 1.807) is 6.08 Å². The summed E-state index contributed by atoms with van der Waals surface area (Å²) in [6, 6.07) is 0. The number of hydrogen-bond donors (Lipinski definition) is 3. The van der Waals surface area contributed by atoms with E-state index in [9.17, 15) is 24.3 Å². The molecule has 32 heavy (non-hydrogen) atoms. The Balaban J connectivity index is 1.43. The molecule has 8 heteroatoms. The van der Waals surface area contributed by atoms with E-state index in [2.05, 4.69) is 12.2 Å². The highest BCUT2D eigenvalue weighted by atomic mass is 16.6. The molecule has 0 bridgehead atoms. The molecule has 4 aliphatic carbocycles. The van der Waals surface area contributed by atoms with Gasteiger partial charge in [-0.3, -0.25) is 19.7 Å². The SMILES string of the molecule is C[C@]12CC[C@H](OC(=O)NC(O)CCC(=O)O)CC1=CC(=O)C1C2CC[C@]2(C)C(=O)CCC12. The Kier molecular flexibility index (Phi) is 5.94. The normalized spacial score (nSPS) is 39.3. The van der Waals surface area contributed by atoms with Crippen molar-refractivity contribution in [3.05, 3.63) is 11.6 Å². The number of carboxylic acids is 1. The fraction of sp³-hybridized carbons (Fsp3) is 0.750. The van der Waals surface area contributed by atoms with Crippen LogP contribution in [-0.2, 0) is 19.1 Å². The van der Waals surface area contributed by atoms with Gasteiger partial charge in [-0.25, -0.2) is 4.79 Å². The Bertz CT molecular complexity index is 866. The molecular weight excluding hydrogens is 414 g/mol. The first-order valence-electron chi connectivity index (χ1n) is 11.7. The third-order valence-electron chi connectivity index (χ3n) is 8.80. The summed E-state index contributed by atoms with van der Waals surface area (Å²) in [7, 11) is 0. The number of nitrogens with one attached hydrogen (secondary N) is 1. The Labute approximate surface area is 187 Å². The minimum Gasteiger partial charge on any atom is -0.481 e. The number of carbonyl (C=O) groups is 4. The number of fused-ring (bicyclic) bond motifs is 5. The van der Waals surface area contributed by atoms with Gasteiger partial charge in [0.05, 0.1) is 0 Å². The van der Waals surface area contributed by atoms with Crippen LogP contribution in [0.5, 0.6) is 0 Å². The van der Waals surface area contributed by atoms with Crippen LogP contribution < -0.4 is 5.32 Å². The maximum Gasteiger partial charge on any atom is 0.409 e. The van der Waals surface area contributed by atoms with Crippen molar-refractivity contribution in [1.82, 2.24) is 5.32 Å². The summed E-state index contributed by atoms with van der Waals surface area (Å²) < 4.78 is 5.48. The van der Waals surface area contributed by atoms with Crippen molar-refractivity contribution in [3.63, 3.8) is 0 Å². The molecule has 0 aromatic rings. The van der Waals surface area contributed by atoms with E-state index < -0.39 is 24.4 Å². The molecule has 4 rings (SSSR count). The largest absolute Gasteiger partial charge is 0.481 e. The smallest absolute Gasteiger partial charge is 0.409 e. The highest BCUT2D eigenvalue weighted by Gasteiger charge is 2.61. The molecule has 3 fully saturated rings. The van der Waals surface area contributed by atoms with Crippen LogP contribution in [0, 0.1) is 28.6 Å². The molecular formula is C24H33NO7. The second-order valence-electron chi connectivity index (χ2n) is 10.5. The molecule has 8 nitrogen and oxygen atoms in total. The fourth-order valence-corrected chi connectivity index (χ4v) is 6.90. The van der Waals surface area contributed by atoms with Crippen LogP contribution in [0.25, 0.3) is 0 Å². The van der Waals surface area contributed by atoms with Gasteiger partial charge in [-0.1, -0.05) is 19.4 Å². The zero-order valence-electron chi connectivity index (χ0n) is 18.8. The van der Waals surface area contributed by atoms with Crippen LogP contribution >= 0.6 is 0 Å². The maximum absolute atomic E-state index is 13.2. The number of ether oxygens (including phenoxy) is 1. The predicted octanol–water partition coefficient (Wildman–Crippen LogP) is 2.98. The van der Waals surface area contributed by atoms with Gasteiger partial charge in [0.2, 0.25) is 0 Å². The molecule has 7 atom stereocenters. The molecule has 4 unspecified atom stereocenters. The van der Waals surface area contributed by atoms with Crippen molar-refractivity contribution in [3.8, 4) is 0 Å². The fourth-order valence-electron chi connectivity index (χ4n) is 6.90. The quantitative estimate of drug-likeness (QED) is 0.552. The van der Waals surface area contributed by atoms with Crippen LogP contribution in [-0.4, -0.2) is 46.2 Å². The molecule has 0 radical (unpaired) electrons. The van der Waals surface area contributed by atoms with Crippen molar-refractivity contribution >= 4 is 23.6 Å². The number of aliphatic hydroxyl groups is 1. The molecule has 0 aromatic carbocycles. The van der Waals surface area contributed by atoms with Gasteiger partial charge in [-0.2, -0.15) is 0 Å². The molecule has 0 aromatic heterocycles. The van der Waals surface area contributed by atoms with Crippen LogP contribution in [0.2, 0.25) is 0 Å². The predicted molar refractivity (Wildman–Crippen MR) is 113 cm³/mol. The monoisotopic (exact) mass is 447 g/mol. The van der Waals surface area contributed by atoms with Crippen LogP contribution in [0.1, 0.15) is 71.6 Å². The number of aliphatic carboxylic acids is 1. The topological polar surface area (TPSA) is 130 Å². The van der Waals surface area contributed by atoms with Gasteiger partial charge in [0.15, 0.2) is 5.78 Å². The lowest BCUT2D eigenvalue weighted by Gasteiger charge is -2.55. The first-order chi connectivity index (χ1) is 15.0. The molecule has 1 amide bonds. The number of carbonyl (C=O) groups excluding carboxylic acids is 3. The van der Waals surface area contributed by atoms with E-state index in [0.717, 1.165) is 31.3 Å². The summed E-state index contributed by atoms with van der Waals surface area (Å²) in [6.07, 6.45) is 3.95. The van der Waals surface area contributed by atoms with E-state index >= 15 is 0 Å². The van der Waals surface area contributed by atoms with Crippen LogP contribution in [0.4, 0.5) is 4.79 Å². The summed E-state index contributed by atoms with van der Waals surface area (Å²) in [5.74, 6) is -0.388. The maximum atomic E-state index is 13.2. The van der Waals surface area contributed by atoms with Gasteiger partial charge in [0, 0.05) is 37.0 Å². The van der Waals surface area contributed by atoms with Crippen molar-refractivity contribution in [2.24, 2.45) is 28.6 Å². The molecule has 0 aliphatic heterocycles. The number of rotatable bonds is 5. The van der Waals surface area contributed by atoms with E-state index in [0.29, 0.717) is 25.0 Å². The van der Waals surface area contributed by atoms with Crippen molar-refractivity contribution < 1.29 is 34.1 Å². The lowest BCUT2D eigenvalue weighted by molar-refractivity contribution is -0.140. The van der Waals surface area contributed by atoms with Crippen molar-refractivity contribution in [2.45, 2.75) is 84.0 Å². The number of amides is 1. The lowest BCUT2D eigenvalue weighted by Crippen LogP contribution is -2.53. The number of alkyl carbamates (subject to hydrolysis) is 1. The van der Waals surface area contributed by atoms with Crippen molar-refractivity contribution in [1.29, 1.82) is 0 Å². The number of aliphatic hydroxyl groups excluding tert-OH is 1. The van der Waals surface area contributed by atoms with Crippen LogP contribution in [0.15, 0.2) is 11.6 Å². The standard InChI is InChI=1S/C24H33NO7/c1-23-9-7-14(32-22(31)25-19(28)5-6-20(29)30)11-13(23)12-17(26)21-15-3-4-18(27)24(15,2)10-8-16(21)23/h12,14-16,19,21,28H,3-11H2,1-2H3,(H,25,31)(H,29,30)/t14-,15?,16?,19?,21?,23-,24-/m0/s1. The van der Waals surface area contributed by atoms with Gasteiger partial charge in [0.25, 0.3) is 0 Å². The molecule has 176 valence electrons. The van der Waals surface area contributed by atoms with E-state index in [-0.39, 0.29) is 47.2 Å². The van der Waals surface area contributed by atoms with Crippen LogP contribution in [0.3, 0.4) is 0 Å². The van der Waals surface area contributed by atoms with E-state index in [1.807, 2.05) is 6.92 Å². The van der Waals surface area contributed by atoms with Gasteiger partial charge in [0.1, 0.15) is 18.1 Å². The molecule has 0 heterocycles. The third-order valence-corrected chi connectivity index (χ3v) is 8.80. The summed E-state index contributed by atoms with van der Waals surface area (Å²) in [6.45, 7) is 4.26. The zero-order chi connectivity index (χ0) is 23.3. The van der Waals surface area contributed by atoms with Gasteiger partial charge in [-0.15, -0.1) is 0 Å². The lowest BCUT2D eigenvalue weighted by atomic mass is 9.48. The second kappa shape index (κ2) is 8.28. The van der Waals surface area contributed by atoms with Gasteiger partial charge in [-0.05, 0) is 55.4 Å². The Morgan fingerprint density at radius 3 is 2.56 bits per heavy atom. The average Bonchev–Trinajstić information content (AvgIpc) is 3.02. The van der Waals surface area contributed by atoms with Crippen molar-refractivity contribution in [2.75, 3.05) is 0 Å². The highest BCUT2D eigenvalue weighted by molar-refractivity contribution is 5.96. The summed E-state index contributed by atoms with van der Waals surface area (Å²) in [5, 5.41) is 20.7.